The van der Waals surface area contributed by atoms with Crippen molar-refractivity contribution in [1.82, 2.24) is 0 Å². The summed E-state index contributed by atoms with van der Waals surface area (Å²) in [5.74, 6) is 0.697. The number of hydrogen-bond donors (Lipinski definition) is 1. The highest BCUT2D eigenvalue weighted by atomic mass is 16.5. The molecule has 0 unspecified atom stereocenters. The van der Waals surface area contributed by atoms with Gasteiger partial charge in [-0.25, -0.2) is 4.99 Å². The van der Waals surface area contributed by atoms with Crippen molar-refractivity contribution in [3.8, 4) is 0 Å². The van der Waals surface area contributed by atoms with Crippen molar-refractivity contribution >= 4 is 17.3 Å². The SMILES string of the molecule is c1ccc(Nc2ccccc2C2=N[C@H](c3ccccc3)CO2)cc1. The van der Waals surface area contributed by atoms with Crippen LogP contribution in [-0.2, 0) is 4.74 Å². The van der Waals surface area contributed by atoms with Gasteiger partial charge in [-0.1, -0.05) is 60.7 Å². The van der Waals surface area contributed by atoms with Crippen LogP contribution < -0.4 is 5.32 Å². The van der Waals surface area contributed by atoms with E-state index in [1.54, 1.807) is 0 Å². The normalized spacial score (nSPS) is 16.3. The van der Waals surface area contributed by atoms with Crippen LogP contribution in [0, 0.1) is 0 Å². The number of nitrogens with one attached hydrogen (secondary N) is 1. The molecule has 0 saturated heterocycles. The topological polar surface area (TPSA) is 33.6 Å². The summed E-state index contributed by atoms with van der Waals surface area (Å²) in [5, 5.41) is 3.44. The van der Waals surface area contributed by atoms with Gasteiger partial charge in [0.05, 0.1) is 11.3 Å². The Morgan fingerprint density at radius 3 is 2.25 bits per heavy atom. The molecule has 1 N–H and O–H groups in total. The molecule has 3 heteroatoms. The van der Waals surface area contributed by atoms with Crippen LogP contribution >= 0.6 is 0 Å². The number of ether oxygens (including phenoxy) is 1. The number of nitrogens with zero attached hydrogens (tertiary/aromatic N) is 1. The zero-order chi connectivity index (χ0) is 16.2. The summed E-state index contributed by atoms with van der Waals surface area (Å²) in [4.78, 5) is 4.79. The van der Waals surface area contributed by atoms with E-state index in [1.807, 2.05) is 72.8 Å². The quantitative estimate of drug-likeness (QED) is 0.739. The maximum Gasteiger partial charge on any atom is 0.219 e. The van der Waals surface area contributed by atoms with Crippen molar-refractivity contribution < 1.29 is 4.74 Å². The van der Waals surface area contributed by atoms with Crippen LogP contribution in [0.1, 0.15) is 17.2 Å². The highest BCUT2D eigenvalue weighted by Crippen LogP contribution is 2.28. The first-order valence-corrected chi connectivity index (χ1v) is 8.07. The second-order valence-electron chi connectivity index (χ2n) is 5.71. The summed E-state index contributed by atoms with van der Waals surface area (Å²) < 4.78 is 5.89. The van der Waals surface area contributed by atoms with Crippen LogP contribution in [0.3, 0.4) is 0 Å². The van der Waals surface area contributed by atoms with E-state index in [-0.39, 0.29) is 6.04 Å². The number of rotatable bonds is 4. The first kappa shape index (κ1) is 14.5. The molecule has 24 heavy (non-hydrogen) atoms. The third-order valence-electron chi connectivity index (χ3n) is 4.05. The fraction of sp³-hybridized carbons (Fsp3) is 0.0952. The van der Waals surface area contributed by atoms with Gasteiger partial charge in [-0.05, 0) is 29.8 Å². The van der Waals surface area contributed by atoms with Gasteiger partial charge in [0.15, 0.2) is 0 Å². The molecule has 0 radical (unpaired) electrons. The van der Waals surface area contributed by atoms with Gasteiger partial charge < -0.3 is 10.1 Å². The third-order valence-corrected chi connectivity index (χ3v) is 4.05. The van der Waals surface area contributed by atoms with Gasteiger partial charge in [0.1, 0.15) is 12.6 Å². The molecule has 0 aromatic heterocycles. The average Bonchev–Trinajstić information content (AvgIpc) is 3.14. The maximum atomic E-state index is 5.89. The van der Waals surface area contributed by atoms with Crippen molar-refractivity contribution in [2.45, 2.75) is 6.04 Å². The van der Waals surface area contributed by atoms with E-state index in [2.05, 4.69) is 17.4 Å². The molecule has 1 atom stereocenters. The molecule has 3 aromatic rings. The minimum Gasteiger partial charge on any atom is -0.475 e. The van der Waals surface area contributed by atoms with Crippen molar-refractivity contribution in [1.29, 1.82) is 0 Å². The zero-order valence-corrected chi connectivity index (χ0v) is 13.2. The first-order chi connectivity index (χ1) is 11.9. The Kier molecular flexibility index (Phi) is 3.98. The Balaban J connectivity index is 1.63. The molecule has 118 valence electrons. The molecule has 1 heterocycles. The average molecular weight is 314 g/mol. The van der Waals surface area contributed by atoms with Crippen molar-refractivity contribution in [3.63, 3.8) is 0 Å². The van der Waals surface area contributed by atoms with Crippen LogP contribution in [-0.4, -0.2) is 12.5 Å². The van der Waals surface area contributed by atoms with Gasteiger partial charge in [-0.3, -0.25) is 0 Å². The summed E-state index contributed by atoms with van der Waals surface area (Å²) in [5.41, 5.74) is 4.21. The third kappa shape index (κ3) is 3.01. The van der Waals surface area contributed by atoms with Gasteiger partial charge in [0.25, 0.3) is 0 Å². The molecule has 3 aromatic carbocycles. The lowest BCUT2D eigenvalue weighted by molar-refractivity contribution is 0.320. The fourth-order valence-electron chi connectivity index (χ4n) is 2.82. The second-order valence-corrected chi connectivity index (χ2v) is 5.71. The Morgan fingerprint density at radius 1 is 0.792 bits per heavy atom. The predicted molar refractivity (Wildman–Crippen MR) is 97.8 cm³/mol. The molecule has 0 amide bonds. The highest BCUT2D eigenvalue weighted by Gasteiger charge is 2.23. The van der Waals surface area contributed by atoms with Gasteiger partial charge in [0, 0.05) is 5.69 Å². The number of para-hydroxylation sites is 2. The smallest absolute Gasteiger partial charge is 0.219 e. The largest absolute Gasteiger partial charge is 0.475 e. The van der Waals surface area contributed by atoms with Crippen LogP contribution in [0.25, 0.3) is 0 Å². The summed E-state index contributed by atoms with van der Waals surface area (Å²) in [6.45, 7) is 0.582. The van der Waals surface area contributed by atoms with E-state index < -0.39 is 0 Å². The van der Waals surface area contributed by atoms with Crippen molar-refractivity contribution in [3.05, 3.63) is 96.1 Å². The molecular formula is C21H18N2O. The second kappa shape index (κ2) is 6.59. The molecule has 0 saturated carbocycles. The van der Waals surface area contributed by atoms with E-state index in [9.17, 15) is 0 Å². The summed E-state index contributed by atoms with van der Waals surface area (Å²) >= 11 is 0. The van der Waals surface area contributed by atoms with Crippen LogP contribution in [0.5, 0.6) is 0 Å². The standard InChI is InChI=1S/C21H18N2O/c1-3-9-16(10-4-1)20-15-24-21(23-20)18-13-7-8-14-19(18)22-17-11-5-2-6-12-17/h1-14,20,22H,15H2/t20-/m0/s1. The molecular weight excluding hydrogens is 296 g/mol. The predicted octanol–water partition coefficient (Wildman–Crippen LogP) is 4.95. The molecule has 4 rings (SSSR count). The van der Waals surface area contributed by atoms with E-state index in [4.69, 9.17) is 9.73 Å². The van der Waals surface area contributed by atoms with Crippen LogP contribution in [0.15, 0.2) is 89.9 Å². The lowest BCUT2D eigenvalue weighted by atomic mass is 10.1. The minimum atomic E-state index is 0.0611. The highest BCUT2D eigenvalue weighted by molar-refractivity contribution is 6.01. The Bertz CT molecular complexity index is 844. The minimum absolute atomic E-state index is 0.0611. The van der Waals surface area contributed by atoms with Crippen LogP contribution in [0.4, 0.5) is 11.4 Å². The monoisotopic (exact) mass is 314 g/mol. The van der Waals surface area contributed by atoms with Crippen molar-refractivity contribution in [2.75, 3.05) is 11.9 Å². The van der Waals surface area contributed by atoms with Gasteiger partial charge in [-0.15, -0.1) is 0 Å². The summed E-state index contributed by atoms with van der Waals surface area (Å²) in [7, 11) is 0. The van der Waals surface area contributed by atoms with E-state index >= 15 is 0 Å². The van der Waals surface area contributed by atoms with Crippen LogP contribution in [0.2, 0.25) is 0 Å². The van der Waals surface area contributed by atoms with Crippen molar-refractivity contribution in [2.24, 2.45) is 4.99 Å². The van der Waals surface area contributed by atoms with E-state index in [1.165, 1.54) is 5.56 Å². The number of hydrogen-bond acceptors (Lipinski definition) is 3. The molecule has 1 aliphatic heterocycles. The van der Waals surface area contributed by atoms with Gasteiger partial charge >= 0.3 is 0 Å². The molecule has 0 spiro atoms. The molecule has 0 aliphatic carbocycles. The van der Waals surface area contributed by atoms with Gasteiger partial charge in [-0.2, -0.15) is 0 Å². The summed E-state index contributed by atoms with van der Waals surface area (Å²) in [6.07, 6.45) is 0. The Morgan fingerprint density at radius 2 is 1.46 bits per heavy atom. The first-order valence-electron chi connectivity index (χ1n) is 8.07. The molecule has 0 fully saturated rings. The zero-order valence-electron chi connectivity index (χ0n) is 13.2. The maximum absolute atomic E-state index is 5.89. The lowest BCUT2D eigenvalue weighted by Gasteiger charge is -2.11. The van der Waals surface area contributed by atoms with Gasteiger partial charge in [0.2, 0.25) is 5.90 Å². The summed E-state index contributed by atoms with van der Waals surface area (Å²) in [6, 6.07) is 28.6. The number of aliphatic imine (C=N–C) groups is 1. The molecule has 0 bridgehead atoms. The van der Waals surface area contributed by atoms with E-state index in [0.29, 0.717) is 12.5 Å². The Labute approximate surface area is 141 Å². The van der Waals surface area contributed by atoms with E-state index in [0.717, 1.165) is 16.9 Å². The number of anilines is 2. The Hall–Kier alpha value is -3.07. The molecule has 3 nitrogen and oxygen atoms in total. The number of benzene rings is 3. The fourth-order valence-corrected chi connectivity index (χ4v) is 2.82. The molecule has 1 aliphatic rings. The lowest BCUT2D eigenvalue weighted by Crippen LogP contribution is -2.05.